The van der Waals surface area contributed by atoms with Crippen molar-refractivity contribution in [3.8, 4) is 0 Å². The second kappa shape index (κ2) is 3.59. The van der Waals surface area contributed by atoms with Gasteiger partial charge in [-0.1, -0.05) is 0 Å². The molecule has 1 unspecified atom stereocenters. The van der Waals surface area contributed by atoms with Crippen molar-refractivity contribution >= 4 is 11.6 Å². The number of nitrogens with zero attached hydrogens (tertiary/aromatic N) is 2. The van der Waals surface area contributed by atoms with E-state index in [2.05, 4.69) is 16.7 Å². The summed E-state index contributed by atoms with van der Waals surface area (Å²) in [5, 5.41) is 9.15. The van der Waals surface area contributed by atoms with Crippen molar-refractivity contribution < 1.29 is 13.9 Å². The van der Waals surface area contributed by atoms with Crippen LogP contribution in [0, 0.1) is 0 Å². The Morgan fingerprint density at radius 1 is 1.77 bits per heavy atom. The molecule has 0 radical (unpaired) electrons. The molecule has 13 heavy (non-hydrogen) atoms. The fourth-order valence-electron chi connectivity index (χ4n) is 0.886. The molecule has 0 amide bonds. The largest absolute Gasteiger partial charge is 0.385 e. The van der Waals surface area contributed by atoms with Gasteiger partial charge in [0.05, 0.1) is 5.69 Å². The van der Waals surface area contributed by atoms with E-state index in [9.17, 15) is 8.78 Å². The highest BCUT2D eigenvalue weighted by atomic mass is 35.5. The molecular weight excluding hydrogens is 202 g/mol. The average molecular weight is 211 g/mol. The number of alkyl halides is 3. The van der Waals surface area contributed by atoms with E-state index < -0.39 is 11.5 Å². The minimum Gasteiger partial charge on any atom is -0.385 e. The van der Waals surface area contributed by atoms with E-state index >= 15 is 0 Å². The van der Waals surface area contributed by atoms with Crippen molar-refractivity contribution in [3.63, 3.8) is 0 Å². The summed E-state index contributed by atoms with van der Waals surface area (Å²) >= 11 is 4.62. The normalized spacial score (nSPS) is 14.5. The van der Waals surface area contributed by atoms with Gasteiger partial charge in [0.15, 0.2) is 0 Å². The Balaban J connectivity index is 2.60. The number of aliphatic hydroxyl groups excluding tert-OH is 1. The molecular formula is C7H9ClF2N2O. The highest BCUT2D eigenvalue weighted by Gasteiger charge is 2.35. The first kappa shape index (κ1) is 10.4. The van der Waals surface area contributed by atoms with Crippen molar-refractivity contribution in [2.75, 3.05) is 0 Å². The van der Waals surface area contributed by atoms with Crippen LogP contribution in [0.5, 0.6) is 0 Å². The van der Waals surface area contributed by atoms with Crippen LogP contribution in [0.3, 0.4) is 0 Å². The van der Waals surface area contributed by atoms with Crippen LogP contribution in [0.15, 0.2) is 12.3 Å². The average Bonchev–Trinajstić information content (AvgIpc) is 2.33. The maximum Gasteiger partial charge on any atom is 0.347 e. The molecule has 0 aliphatic heterocycles. The second-order valence-corrected chi connectivity index (χ2v) is 3.25. The zero-order valence-electron chi connectivity index (χ0n) is 6.91. The second-order valence-electron chi connectivity index (χ2n) is 2.74. The maximum absolute atomic E-state index is 12.3. The summed E-state index contributed by atoms with van der Waals surface area (Å²) in [6.45, 7) is 0. The number of rotatable bonds is 3. The van der Waals surface area contributed by atoms with Crippen molar-refractivity contribution in [3.05, 3.63) is 18.0 Å². The third kappa shape index (κ3) is 2.93. The Morgan fingerprint density at radius 3 is 2.77 bits per heavy atom. The molecule has 0 aliphatic rings. The number of halogens is 3. The minimum atomic E-state index is -3.60. The first-order chi connectivity index (χ1) is 5.89. The Morgan fingerprint density at radius 2 is 2.38 bits per heavy atom. The summed E-state index contributed by atoms with van der Waals surface area (Å²) in [4.78, 5) is 0. The fourth-order valence-corrected chi connectivity index (χ4v) is 0.963. The van der Waals surface area contributed by atoms with Crippen molar-refractivity contribution in [2.45, 2.75) is 17.9 Å². The number of aromatic nitrogens is 2. The van der Waals surface area contributed by atoms with Gasteiger partial charge in [-0.2, -0.15) is 13.9 Å². The maximum atomic E-state index is 12.3. The number of hydrogen-bond donors (Lipinski definition) is 1. The lowest BCUT2D eigenvalue weighted by Crippen LogP contribution is -2.29. The van der Waals surface area contributed by atoms with Crippen LogP contribution >= 0.6 is 11.6 Å². The molecule has 1 N–H and O–H groups in total. The molecule has 0 saturated heterocycles. The molecule has 6 heteroatoms. The fraction of sp³-hybridized carbons (Fsp3) is 0.571. The first-order valence-electron chi connectivity index (χ1n) is 3.63. The summed E-state index contributed by atoms with van der Waals surface area (Å²) in [5.41, 5.74) is 0.385. The predicted octanol–water partition coefficient (Wildman–Crippen LogP) is 1.16. The van der Waals surface area contributed by atoms with Crippen LogP contribution in [0.4, 0.5) is 8.78 Å². The van der Waals surface area contributed by atoms with E-state index in [-0.39, 0.29) is 6.42 Å². The summed E-state index contributed by atoms with van der Waals surface area (Å²) < 4.78 is 26.0. The Kier molecular flexibility index (Phi) is 2.87. The third-order valence-electron chi connectivity index (χ3n) is 1.55. The molecule has 1 atom stereocenters. The monoisotopic (exact) mass is 210 g/mol. The molecule has 1 rings (SSSR count). The van der Waals surface area contributed by atoms with E-state index in [0.717, 1.165) is 0 Å². The molecule has 0 aliphatic carbocycles. The van der Waals surface area contributed by atoms with Gasteiger partial charge in [0.1, 0.15) is 6.10 Å². The highest BCUT2D eigenvalue weighted by Crippen LogP contribution is 2.25. The van der Waals surface area contributed by atoms with Crippen LogP contribution in [0.2, 0.25) is 0 Å². The van der Waals surface area contributed by atoms with E-state index in [1.165, 1.54) is 4.68 Å². The molecule has 0 saturated carbocycles. The van der Waals surface area contributed by atoms with Gasteiger partial charge >= 0.3 is 5.38 Å². The van der Waals surface area contributed by atoms with E-state index in [0.29, 0.717) is 5.69 Å². The van der Waals surface area contributed by atoms with Crippen molar-refractivity contribution in [1.82, 2.24) is 9.78 Å². The lowest BCUT2D eigenvalue weighted by molar-refractivity contribution is -0.0402. The number of aliphatic hydroxyl groups is 1. The SMILES string of the molecule is Cn1ccc(CC(O)C(F)(F)Cl)n1. The van der Waals surface area contributed by atoms with Crippen LogP contribution < -0.4 is 0 Å². The predicted molar refractivity (Wildman–Crippen MR) is 43.7 cm³/mol. The molecule has 1 aromatic heterocycles. The molecule has 74 valence electrons. The van der Waals surface area contributed by atoms with Crippen LogP contribution in [0.1, 0.15) is 5.69 Å². The van der Waals surface area contributed by atoms with E-state index in [1.54, 1.807) is 19.3 Å². The smallest absolute Gasteiger partial charge is 0.347 e. The van der Waals surface area contributed by atoms with Gasteiger partial charge in [-0.15, -0.1) is 0 Å². The summed E-state index contributed by atoms with van der Waals surface area (Å²) in [5.74, 6) is 0. The van der Waals surface area contributed by atoms with Crippen LogP contribution in [-0.2, 0) is 13.5 Å². The molecule has 1 aromatic rings. The van der Waals surface area contributed by atoms with E-state index in [1.807, 2.05) is 0 Å². The van der Waals surface area contributed by atoms with Gasteiger partial charge in [0.25, 0.3) is 0 Å². The molecule has 3 nitrogen and oxygen atoms in total. The summed E-state index contributed by atoms with van der Waals surface area (Å²) in [6, 6.07) is 1.55. The van der Waals surface area contributed by atoms with Crippen molar-refractivity contribution in [2.24, 2.45) is 7.05 Å². The lowest BCUT2D eigenvalue weighted by atomic mass is 10.2. The Labute approximate surface area is 78.9 Å². The van der Waals surface area contributed by atoms with Gasteiger partial charge < -0.3 is 5.11 Å². The van der Waals surface area contributed by atoms with Crippen LogP contribution in [-0.4, -0.2) is 26.4 Å². The van der Waals surface area contributed by atoms with Gasteiger partial charge in [-0.25, -0.2) is 0 Å². The zero-order chi connectivity index (χ0) is 10.1. The summed E-state index contributed by atoms with van der Waals surface area (Å²) in [6.07, 6.45) is -0.546. The topological polar surface area (TPSA) is 38.0 Å². The molecule has 0 fully saturated rings. The number of hydrogen-bond acceptors (Lipinski definition) is 2. The van der Waals surface area contributed by atoms with Crippen molar-refractivity contribution in [1.29, 1.82) is 0 Å². The Bertz CT molecular complexity index is 284. The summed E-state index contributed by atoms with van der Waals surface area (Å²) in [7, 11) is 1.66. The van der Waals surface area contributed by atoms with Gasteiger partial charge in [0, 0.05) is 19.7 Å². The lowest BCUT2D eigenvalue weighted by Gasteiger charge is -2.14. The van der Waals surface area contributed by atoms with Gasteiger partial charge in [0.2, 0.25) is 0 Å². The zero-order valence-corrected chi connectivity index (χ0v) is 7.67. The third-order valence-corrected chi connectivity index (χ3v) is 1.80. The minimum absolute atomic E-state index is 0.253. The van der Waals surface area contributed by atoms with Crippen LogP contribution in [0.25, 0.3) is 0 Å². The van der Waals surface area contributed by atoms with Gasteiger partial charge in [-0.3, -0.25) is 4.68 Å². The quantitative estimate of drug-likeness (QED) is 0.761. The Hall–Kier alpha value is -0.680. The van der Waals surface area contributed by atoms with Gasteiger partial charge in [-0.05, 0) is 17.7 Å². The molecule has 0 aromatic carbocycles. The molecule has 0 spiro atoms. The standard InChI is InChI=1S/C7H9ClF2N2O/c1-12-3-2-5(11-12)4-6(13)7(8,9)10/h2-3,6,13H,4H2,1H3. The van der Waals surface area contributed by atoms with E-state index in [4.69, 9.17) is 5.11 Å². The molecule has 0 bridgehead atoms. The first-order valence-corrected chi connectivity index (χ1v) is 4.00. The molecule has 1 heterocycles. The highest BCUT2D eigenvalue weighted by molar-refractivity contribution is 6.22. The number of aryl methyl sites for hydroxylation is 1.